The molecule has 1 aromatic carbocycles. The number of carbonyl (C=O) groups is 2. The summed E-state index contributed by atoms with van der Waals surface area (Å²) in [6, 6.07) is 5.15. The lowest BCUT2D eigenvalue weighted by atomic mass is 10.1. The highest BCUT2D eigenvalue weighted by atomic mass is 16.2. The van der Waals surface area contributed by atoms with Gasteiger partial charge in [0.25, 0.3) is 11.7 Å². The van der Waals surface area contributed by atoms with Crippen LogP contribution in [0.25, 0.3) is 0 Å². The molecule has 0 bridgehead atoms. The van der Waals surface area contributed by atoms with Crippen LogP contribution in [0.4, 0.5) is 11.4 Å². The normalized spacial score (nSPS) is 13.0. The highest BCUT2D eigenvalue weighted by Gasteiger charge is 2.27. The average Bonchev–Trinajstić information content (AvgIpc) is 2.55. The molecule has 0 fully saturated rings. The SMILES string of the molecule is C#CCN(C)c1ccc2c(c1)NC(=O)C2=O. The molecule has 2 rings (SSSR count). The van der Waals surface area contributed by atoms with Crippen molar-refractivity contribution in [1.29, 1.82) is 0 Å². The number of rotatable bonds is 2. The molecule has 0 spiro atoms. The lowest BCUT2D eigenvalue weighted by Gasteiger charge is -2.16. The molecule has 0 saturated carbocycles. The fourth-order valence-corrected chi connectivity index (χ4v) is 1.60. The molecule has 1 aliphatic heterocycles. The summed E-state index contributed by atoms with van der Waals surface area (Å²) in [6.45, 7) is 0.473. The van der Waals surface area contributed by atoms with Crippen LogP contribution in [0.1, 0.15) is 10.4 Å². The van der Waals surface area contributed by atoms with Crippen LogP contribution in [0, 0.1) is 12.3 Å². The van der Waals surface area contributed by atoms with Gasteiger partial charge in [-0.2, -0.15) is 0 Å². The van der Waals surface area contributed by atoms with Gasteiger partial charge >= 0.3 is 0 Å². The number of hydrogen-bond acceptors (Lipinski definition) is 3. The lowest BCUT2D eigenvalue weighted by molar-refractivity contribution is -0.112. The highest BCUT2D eigenvalue weighted by Crippen LogP contribution is 2.27. The van der Waals surface area contributed by atoms with Crippen LogP contribution in [-0.2, 0) is 4.79 Å². The Labute approximate surface area is 93.2 Å². The molecule has 0 unspecified atom stereocenters. The molecule has 0 aliphatic carbocycles. The van der Waals surface area contributed by atoms with Crippen LogP contribution in [0.5, 0.6) is 0 Å². The number of fused-ring (bicyclic) bond motifs is 1. The second-order valence-corrected chi connectivity index (χ2v) is 3.57. The zero-order valence-electron chi connectivity index (χ0n) is 8.78. The molecule has 1 amide bonds. The van der Waals surface area contributed by atoms with Gasteiger partial charge in [0.15, 0.2) is 0 Å². The van der Waals surface area contributed by atoms with Crippen molar-refractivity contribution in [2.75, 3.05) is 23.8 Å². The van der Waals surface area contributed by atoms with Gasteiger partial charge in [-0.05, 0) is 18.2 Å². The fraction of sp³-hybridized carbons (Fsp3) is 0.167. The minimum Gasteiger partial charge on any atom is -0.363 e. The number of hydrogen-bond donors (Lipinski definition) is 1. The number of benzene rings is 1. The molecule has 16 heavy (non-hydrogen) atoms. The summed E-state index contributed by atoms with van der Waals surface area (Å²) in [5.41, 5.74) is 1.84. The third-order valence-corrected chi connectivity index (χ3v) is 2.47. The molecule has 1 heterocycles. The van der Waals surface area contributed by atoms with Crippen molar-refractivity contribution in [2.45, 2.75) is 0 Å². The maximum absolute atomic E-state index is 11.3. The largest absolute Gasteiger partial charge is 0.363 e. The third kappa shape index (κ3) is 1.52. The predicted molar refractivity (Wildman–Crippen MR) is 61.5 cm³/mol. The molecular formula is C12H10N2O2. The maximum Gasteiger partial charge on any atom is 0.296 e. The van der Waals surface area contributed by atoms with Gasteiger partial charge < -0.3 is 10.2 Å². The van der Waals surface area contributed by atoms with Crippen molar-refractivity contribution in [3.8, 4) is 12.3 Å². The maximum atomic E-state index is 11.3. The van der Waals surface area contributed by atoms with E-state index in [1.165, 1.54) is 0 Å². The van der Waals surface area contributed by atoms with Crippen molar-refractivity contribution in [3.63, 3.8) is 0 Å². The van der Waals surface area contributed by atoms with E-state index in [0.29, 0.717) is 17.8 Å². The number of nitrogens with zero attached hydrogens (tertiary/aromatic N) is 1. The lowest BCUT2D eigenvalue weighted by Crippen LogP contribution is -2.16. The van der Waals surface area contributed by atoms with Crippen LogP contribution in [0.15, 0.2) is 18.2 Å². The van der Waals surface area contributed by atoms with E-state index in [4.69, 9.17) is 6.42 Å². The third-order valence-electron chi connectivity index (χ3n) is 2.47. The van der Waals surface area contributed by atoms with Crippen LogP contribution < -0.4 is 10.2 Å². The first-order chi connectivity index (χ1) is 7.63. The number of amides is 1. The quantitative estimate of drug-likeness (QED) is 0.587. The summed E-state index contributed by atoms with van der Waals surface area (Å²) in [4.78, 5) is 24.3. The number of nitrogens with one attached hydrogen (secondary N) is 1. The van der Waals surface area contributed by atoms with Gasteiger partial charge in [0.2, 0.25) is 0 Å². The molecular weight excluding hydrogens is 204 g/mol. The molecule has 80 valence electrons. The van der Waals surface area contributed by atoms with Crippen LogP contribution in [-0.4, -0.2) is 25.3 Å². The first kappa shape index (κ1) is 10.2. The van der Waals surface area contributed by atoms with Gasteiger partial charge in [-0.3, -0.25) is 9.59 Å². The molecule has 1 N–H and O–H groups in total. The van der Waals surface area contributed by atoms with Crippen molar-refractivity contribution in [2.24, 2.45) is 0 Å². The molecule has 4 heteroatoms. The molecule has 1 aliphatic rings. The fourth-order valence-electron chi connectivity index (χ4n) is 1.60. The minimum atomic E-state index is -0.577. The van der Waals surface area contributed by atoms with Gasteiger partial charge in [-0.15, -0.1) is 6.42 Å². The van der Waals surface area contributed by atoms with Crippen LogP contribution >= 0.6 is 0 Å². The van der Waals surface area contributed by atoms with Crippen molar-refractivity contribution >= 4 is 23.1 Å². The van der Waals surface area contributed by atoms with E-state index >= 15 is 0 Å². The monoisotopic (exact) mass is 214 g/mol. The Morgan fingerprint density at radius 2 is 2.19 bits per heavy atom. The Kier molecular flexibility index (Phi) is 2.37. The summed E-state index contributed by atoms with van der Waals surface area (Å²) in [5, 5.41) is 2.52. The Bertz CT molecular complexity index is 514. The summed E-state index contributed by atoms with van der Waals surface area (Å²) in [6.07, 6.45) is 5.21. The molecule has 0 aromatic heterocycles. The summed E-state index contributed by atoms with van der Waals surface area (Å²) < 4.78 is 0. The number of anilines is 2. The summed E-state index contributed by atoms with van der Waals surface area (Å²) in [7, 11) is 1.85. The van der Waals surface area contributed by atoms with Gasteiger partial charge in [-0.1, -0.05) is 5.92 Å². The number of Topliss-reactive ketones (excluding diaryl/α,β-unsaturated/α-hetero) is 1. The summed E-state index contributed by atoms with van der Waals surface area (Å²) >= 11 is 0. The molecule has 0 saturated heterocycles. The first-order valence-electron chi connectivity index (χ1n) is 4.78. The average molecular weight is 214 g/mol. The van der Waals surface area contributed by atoms with Gasteiger partial charge in [-0.25, -0.2) is 0 Å². The molecule has 0 atom stereocenters. The molecule has 1 aromatic rings. The zero-order valence-corrected chi connectivity index (χ0v) is 8.78. The number of ketones is 1. The second-order valence-electron chi connectivity index (χ2n) is 3.57. The van der Waals surface area contributed by atoms with Crippen molar-refractivity contribution in [3.05, 3.63) is 23.8 Å². The second kappa shape index (κ2) is 3.70. The van der Waals surface area contributed by atoms with E-state index in [1.807, 2.05) is 11.9 Å². The zero-order chi connectivity index (χ0) is 11.7. The van der Waals surface area contributed by atoms with Gasteiger partial charge in [0, 0.05) is 12.7 Å². The first-order valence-corrected chi connectivity index (χ1v) is 4.78. The van der Waals surface area contributed by atoms with Crippen LogP contribution in [0.3, 0.4) is 0 Å². The smallest absolute Gasteiger partial charge is 0.296 e. The van der Waals surface area contributed by atoms with E-state index in [0.717, 1.165) is 5.69 Å². The Hall–Kier alpha value is -2.28. The van der Waals surface area contributed by atoms with Gasteiger partial charge in [0.1, 0.15) is 0 Å². The van der Waals surface area contributed by atoms with Crippen LogP contribution in [0.2, 0.25) is 0 Å². The molecule has 4 nitrogen and oxygen atoms in total. The van der Waals surface area contributed by atoms with E-state index in [1.54, 1.807) is 18.2 Å². The highest BCUT2D eigenvalue weighted by molar-refractivity contribution is 6.51. The van der Waals surface area contributed by atoms with E-state index in [9.17, 15) is 9.59 Å². The number of terminal acetylenes is 1. The minimum absolute atomic E-state index is 0.419. The summed E-state index contributed by atoms with van der Waals surface area (Å²) in [5.74, 6) is 1.46. The van der Waals surface area contributed by atoms with E-state index in [-0.39, 0.29) is 0 Å². The van der Waals surface area contributed by atoms with Gasteiger partial charge in [0.05, 0.1) is 17.8 Å². The van der Waals surface area contributed by atoms with Crippen molar-refractivity contribution in [1.82, 2.24) is 0 Å². The topological polar surface area (TPSA) is 49.4 Å². The van der Waals surface area contributed by atoms with Crippen molar-refractivity contribution < 1.29 is 9.59 Å². The number of carbonyl (C=O) groups excluding carboxylic acids is 2. The Morgan fingerprint density at radius 1 is 1.44 bits per heavy atom. The Morgan fingerprint density at radius 3 is 2.88 bits per heavy atom. The standard InChI is InChI=1S/C12H10N2O2/c1-3-6-14(2)8-4-5-9-10(7-8)13-12(16)11(9)15/h1,4-5,7H,6H2,2H3,(H,13,15,16). The Balaban J connectivity index is 2.36. The van der Waals surface area contributed by atoms with E-state index in [2.05, 4.69) is 11.2 Å². The predicted octanol–water partition coefficient (Wildman–Crippen LogP) is 0.891. The molecule has 0 radical (unpaired) electrons. The van der Waals surface area contributed by atoms with E-state index < -0.39 is 11.7 Å².